The van der Waals surface area contributed by atoms with Gasteiger partial charge in [0.15, 0.2) is 0 Å². The molecule has 114 valence electrons. The lowest BCUT2D eigenvalue weighted by atomic mass is 10.1. The summed E-state index contributed by atoms with van der Waals surface area (Å²) in [5.41, 5.74) is -0.441. The molecule has 1 aliphatic heterocycles. The third-order valence-electron chi connectivity index (χ3n) is 3.06. The first-order valence-corrected chi connectivity index (χ1v) is 7.52. The maximum atomic E-state index is 13.4. The van der Waals surface area contributed by atoms with Crippen LogP contribution in [0.3, 0.4) is 0 Å². The highest BCUT2D eigenvalue weighted by molar-refractivity contribution is 7.99. The van der Waals surface area contributed by atoms with Crippen molar-refractivity contribution in [3.8, 4) is 0 Å². The lowest BCUT2D eigenvalue weighted by Gasteiger charge is -2.31. The van der Waals surface area contributed by atoms with Crippen molar-refractivity contribution in [2.45, 2.75) is 5.25 Å². The van der Waals surface area contributed by atoms with Crippen molar-refractivity contribution in [2.75, 3.05) is 26.1 Å². The zero-order valence-corrected chi connectivity index (χ0v) is 12.1. The molecule has 0 bridgehead atoms. The average Bonchev–Trinajstić information content (AvgIpc) is 2.46. The maximum absolute atomic E-state index is 13.4. The first kappa shape index (κ1) is 15.9. The van der Waals surface area contributed by atoms with Gasteiger partial charge in [-0.3, -0.25) is 4.79 Å². The highest BCUT2D eigenvalue weighted by Crippen LogP contribution is 2.18. The minimum absolute atomic E-state index is 0.147. The maximum Gasteiger partial charge on any atom is 0.248 e. The molecule has 1 amide bonds. The molecule has 0 spiro atoms. The minimum Gasteiger partial charge on any atom is -0.360 e. The second-order valence-electron chi connectivity index (χ2n) is 4.53. The number of ether oxygens (including phenoxy) is 1. The van der Waals surface area contributed by atoms with Gasteiger partial charge >= 0.3 is 0 Å². The van der Waals surface area contributed by atoms with E-state index >= 15 is 0 Å². The van der Waals surface area contributed by atoms with E-state index in [2.05, 4.69) is 0 Å². The number of carbonyl (C=O) groups excluding carboxylic acids is 1. The summed E-state index contributed by atoms with van der Waals surface area (Å²) in [4.78, 5) is 13.4. The molecule has 1 atom stereocenters. The van der Waals surface area contributed by atoms with Crippen molar-refractivity contribution >= 4 is 23.7 Å². The van der Waals surface area contributed by atoms with Crippen LogP contribution in [-0.4, -0.2) is 42.2 Å². The van der Waals surface area contributed by atoms with Crippen LogP contribution in [0.5, 0.6) is 0 Å². The zero-order chi connectivity index (χ0) is 15.4. The van der Waals surface area contributed by atoms with Crippen LogP contribution < -0.4 is 0 Å². The molecule has 0 aliphatic carbocycles. The summed E-state index contributed by atoms with van der Waals surface area (Å²) in [5, 5.41) is 0.176. The first-order valence-electron chi connectivity index (χ1n) is 6.23. The largest absolute Gasteiger partial charge is 0.360 e. The fourth-order valence-corrected chi connectivity index (χ4v) is 2.48. The standard InChI is InChI=1S/C14H14F3NO2S/c1-21-10-6-18(8-20-7-10)14(19)3-2-11-12(16)4-9(15)5-13(11)17/h2-5,10H,6-8H2,1H3/b3-2+. The third-order valence-corrected chi connectivity index (χ3v) is 4.01. The van der Waals surface area contributed by atoms with Gasteiger partial charge in [0.05, 0.1) is 6.61 Å². The zero-order valence-electron chi connectivity index (χ0n) is 11.3. The van der Waals surface area contributed by atoms with Crippen LogP contribution in [-0.2, 0) is 9.53 Å². The van der Waals surface area contributed by atoms with Crippen molar-refractivity contribution in [3.63, 3.8) is 0 Å². The van der Waals surface area contributed by atoms with Gasteiger partial charge in [-0.05, 0) is 12.3 Å². The van der Waals surface area contributed by atoms with Crippen LogP contribution in [0, 0.1) is 17.5 Å². The fraction of sp³-hybridized carbons (Fsp3) is 0.357. The summed E-state index contributed by atoms with van der Waals surface area (Å²) in [5.74, 6) is -3.50. The number of rotatable bonds is 3. The van der Waals surface area contributed by atoms with Crippen molar-refractivity contribution < 1.29 is 22.7 Å². The molecular formula is C14H14F3NO2S. The van der Waals surface area contributed by atoms with E-state index in [-0.39, 0.29) is 12.0 Å². The van der Waals surface area contributed by atoms with Crippen molar-refractivity contribution in [1.82, 2.24) is 4.90 Å². The minimum atomic E-state index is -1.05. The van der Waals surface area contributed by atoms with E-state index < -0.39 is 28.9 Å². The average molecular weight is 317 g/mol. The number of halogens is 3. The molecule has 0 N–H and O–H groups in total. The van der Waals surface area contributed by atoms with Crippen LogP contribution in [0.2, 0.25) is 0 Å². The molecule has 0 saturated carbocycles. The van der Waals surface area contributed by atoms with Crippen molar-refractivity contribution in [1.29, 1.82) is 0 Å². The molecule has 1 aliphatic rings. The molecular weight excluding hydrogens is 303 g/mol. The van der Waals surface area contributed by atoms with Crippen molar-refractivity contribution in [3.05, 3.63) is 41.2 Å². The Kier molecular flexibility index (Phi) is 5.30. The molecule has 3 nitrogen and oxygen atoms in total. The van der Waals surface area contributed by atoms with Gasteiger partial charge in [0.1, 0.15) is 24.2 Å². The number of hydrogen-bond acceptors (Lipinski definition) is 3. The fourth-order valence-electron chi connectivity index (χ4n) is 1.91. The number of hydrogen-bond donors (Lipinski definition) is 0. The summed E-state index contributed by atoms with van der Waals surface area (Å²) in [6.07, 6.45) is 3.99. The van der Waals surface area contributed by atoms with Gasteiger partial charge in [-0.2, -0.15) is 11.8 Å². The van der Waals surface area contributed by atoms with Gasteiger partial charge in [0.2, 0.25) is 5.91 Å². The van der Waals surface area contributed by atoms with E-state index in [1.165, 1.54) is 4.90 Å². The smallest absolute Gasteiger partial charge is 0.248 e. The molecule has 1 unspecified atom stereocenters. The van der Waals surface area contributed by atoms with Crippen LogP contribution in [0.1, 0.15) is 5.56 Å². The van der Waals surface area contributed by atoms with Gasteiger partial charge in [0, 0.05) is 35.6 Å². The quantitative estimate of drug-likeness (QED) is 0.803. The molecule has 0 aromatic heterocycles. The monoisotopic (exact) mass is 317 g/mol. The van der Waals surface area contributed by atoms with E-state index in [4.69, 9.17) is 4.74 Å². The Hall–Kier alpha value is -1.47. The topological polar surface area (TPSA) is 29.5 Å². The second kappa shape index (κ2) is 7.00. The number of thioether (sulfide) groups is 1. The number of benzene rings is 1. The molecule has 7 heteroatoms. The Morgan fingerprint density at radius 3 is 2.67 bits per heavy atom. The van der Waals surface area contributed by atoms with Gasteiger partial charge in [-0.25, -0.2) is 13.2 Å². The Balaban J connectivity index is 2.09. The van der Waals surface area contributed by atoms with Crippen LogP contribution in [0.25, 0.3) is 6.08 Å². The van der Waals surface area contributed by atoms with E-state index in [1.54, 1.807) is 11.8 Å². The second-order valence-corrected chi connectivity index (χ2v) is 5.67. The molecule has 0 radical (unpaired) electrons. The lowest BCUT2D eigenvalue weighted by molar-refractivity contribution is -0.134. The van der Waals surface area contributed by atoms with Crippen LogP contribution in [0.15, 0.2) is 18.2 Å². The number of amides is 1. The number of nitrogens with zero attached hydrogens (tertiary/aromatic N) is 1. The molecule has 2 rings (SSSR count). The number of carbonyl (C=O) groups is 1. The Labute approximate surface area is 124 Å². The first-order chi connectivity index (χ1) is 10.0. The van der Waals surface area contributed by atoms with E-state index in [9.17, 15) is 18.0 Å². The van der Waals surface area contributed by atoms with Crippen LogP contribution in [0.4, 0.5) is 13.2 Å². The van der Waals surface area contributed by atoms with E-state index in [1.807, 2.05) is 6.26 Å². The molecule has 1 aromatic carbocycles. The van der Waals surface area contributed by atoms with Gasteiger partial charge in [0.25, 0.3) is 0 Å². The molecule has 1 fully saturated rings. The van der Waals surface area contributed by atoms with E-state index in [0.29, 0.717) is 25.3 Å². The predicted octanol–water partition coefficient (Wildman–Crippen LogP) is 2.67. The summed E-state index contributed by atoms with van der Waals surface area (Å²) in [7, 11) is 0. The third kappa shape index (κ3) is 4.01. The van der Waals surface area contributed by atoms with Gasteiger partial charge in [-0.1, -0.05) is 0 Å². The molecule has 1 heterocycles. The summed E-state index contributed by atoms with van der Waals surface area (Å²) in [6, 6.07) is 1.14. The van der Waals surface area contributed by atoms with Gasteiger partial charge in [-0.15, -0.1) is 0 Å². The predicted molar refractivity (Wildman–Crippen MR) is 75.2 cm³/mol. The molecule has 1 aromatic rings. The Morgan fingerprint density at radius 2 is 2.05 bits per heavy atom. The van der Waals surface area contributed by atoms with E-state index in [0.717, 1.165) is 12.2 Å². The summed E-state index contributed by atoms with van der Waals surface area (Å²) < 4.78 is 44.9. The normalized spacial score (nSPS) is 19.2. The molecule has 21 heavy (non-hydrogen) atoms. The SMILES string of the molecule is CSC1COCN(C(=O)/C=C/c2c(F)cc(F)cc2F)C1. The Bertz CT molecular complexity index is 542. The Morgan fingerprint density at radius 1 is 1.38 bits per heavy atom. The summed E-state index contributed by atoms with van der Waals surface area (Å²) >= 11 is 1.58. The van der Waals surface area contributed by atoms with Crippen molar-refractivity contribution in [2.24, 2.45) is 0 Å². The highest BCUT2D eigenvalue weighted by atomic mass is 32.2. The van der Waals surface area contributed by atoms with Crippen LogP contribution >= 0.6 is 11.8 Å². The highest BCUT2D eigenvalue weighted by Gasteiger charge is 2.22. The van der Waals surface area contributed by atoms with Gasteiger partial charge < -0.3 is 9.64 Å². The lowest BCUT2D eigenvalue weighted by Crippen LogP contribution is -2.43. The summed E-state index contributed by atoms with van der Waals surface area (Å²) in [6.45, 7) is 1.23. The molecule has 1 saturated heterocycles.